The van der Waals surface area contributed by atoms with Crippen LogP contribution >= 0.6 is 0 Å². The van der Waals surface area contributed by atoms with Crippen molar-refractivity contribution in [3.05, 3.63) is 72.1 Å². The van der Waals surface area contributed by atoms with E-state index >= 15 is 0 Å². The second-order valence-corrected chi connectivity index (χ2v) is 9.89. The molecule has 3 aromatic carbocycles. The summed E-state index contributed by atoms with van der Waals surface area (Å²) in [5.41, 5.74) is 7.18. The van der Waals surface area contributed by atoms with Crippen LogP contribution in [0.5, 0.6) is 5.75 Å². The van der Waals surface area contributed by atoms with Gasteiger partial charge in [0.25, 0.3) is 0 Å². The first-order chi connectivity index (χ1) is 16.4. The van der Waals surface area contributed by atoms with Gasteiger partial charge in [-0.2, -0.15) is 0 Å². The van der Waals surface area contributed by atoms with Crippen molar-refractivity contribution in [2.45, 2.75) is 39.5 Å². The molecule has 5 nitrogen and oxygen atoms in total. The number of furan rings is 1. The zero-order valence-electron chi connectivity index (χ0n) is 20.2. The predicted molar refractivity (Wildman–Crippen MR) is 140 cm³/mol. The minimum absolute atomic E-state index is 0.0975. The number of imidazole rings is 1. The van der Waals surface area contributed by atoms with Gasteiger partial charge in [-0.15, -0.1) is 0 Å². The van der Waals surface area contributed by atoms with Crippen molar-refractivity contribution in [3.8, 4) is 17.1 Å². The van der Waals surface area contributed by atoms with Gasteiger partial charge in [0, 0.05) is 23.8 Å². The van der Waals surface area contributed by atoms with Crippen LogP contribution in [-0.4, -0.2) is 28.6 Å². The van der Waals surface area contributed by atoms with Crippen LogP contribution in [0.15, 0.2) is 65.3 Å². The molecule has 0 bridgehead atoms. The third kappa shape index (κ3) is 2.78. The molecule has 2 aromatic heterocycles. The number of para-hydroxylation sites is 1. The molecule has 6 rings (SSSR count). The summed E-state index contributed by atoms with van der Waals surface area (Å²) in [6, 6.07) is 16.5. The molecule has 0 unspecified atom stereocenters. The molecule has 0 fully saturated rings. The second-order valence-electron chi connectivity index (χ2n) is 9.89. The minimum Gasteiger partial charge on any atom is -0.507 e. The number of anilines is 1. The van der Waals surface area contributed by atoms with Crippen LogP contribution in [0.2, 0.25) is 0 Å². The fourth-order valence-corrected chi connectivity index (χ4v) is 5.68. The Balaban J connectivity index is 1.74. The maximum Gasteiger partial charge on any atom is 0.417 e. The van der Waals surface area contributed by atoms with E-state index in [1.54, 1.807) is 6.07 Å². The standard InChI is InChI=1S/C28H28BN3O2/c1-16(2)18-10-8-11-19(17(3)4)26(18)29-31(5)27-24-20-9-6-7-12-22(20)34-23(24)15-21(33)25(27)28-30-13-14-32(28)29/h6-17,33H,1-5H3. The van der Waals surface area contributed by atoms with Gasteiger partial charge in [0.1, 0.15) is 22.7 Å². The highest BCUT2D eigenvalue weighted by atomic mass is 16.3. The van der Waals surface area contributed by atoms with Crippen molar-refractivity contribution < 1.29 is 9.52 Å². The Bertz CT molecular complexity index is 1540. The Hall–Kier alpha value is -3.67. The van der Waals surface area contributed by atoms with Crippen LogP contribution < -0.4 is 10.3 Å². The van der Waals surface area contributed by atoms with Crippen molar-refractivity contribution in [3.63, 3.8) is 0 Å². The minimum atomic E-state index is -0.0975. The number of aromatic hydroxyl groups is 1. The molecule has 3 heterocycles. The molecule has 6 heteroatoms. The van der Waals surface area contributed by atoms with Crippen molar-refractivity contribution in [2.75, 3.05) is 11.9 Å². The molecule has 0 amide bonds. The lowest BCUT2D eigenvalue weighted by atomic mass is 9.58. The van der Waals surface area contributed by atoms with Gasteiger partial charge < -0.3 is 18.8 Å². The number of benzene rings is 3. The van der Waals surface area contributed by atoms with Crippen LogP contribution in [0.25, 0.3) is 33.3 Å². The summed E-state index contributed by atoms with van der Waals surface area (Å²) >= 11 is 0. The zero-order chi connectivity index (χ0) is 23.7. The van der Waals surface area contributed by atoms with Crippen molar-refractivity contribution in [1.82, 2.24) is 9.46 Å². The number of aromatic nitrogens is 2. The van der Waals surface area contributed by atoms with E-state index in [1.165, 1.54) is 16.6 Å². The molecule has 0 saturated heterocycles. The molecule has 0 aliphatic carbocycles. The summed E-state index contributed by atoms with van der Waals surface area (Å²) in [6.45, 7) is 8.91. The molecule has 5 aromatic rings. The Kier molecular flexibility index (Phi) is 4.56. The maximum atomic E-state index is 11.2. The van der Waals surface area contributed by atoms with E-state index in [9.17, 15) is 5.11 Å². The Labute approximate surface area is 199 Å². The van der Waals surface area contributed by atoms with E-state index in [0.29, 0.717) is 17.4 Å². The van der Waals surface area contributed by atoms with Crippen LogP contribution in [-0.2, 0) is 0 Å². The fraction of sp³-hybridized carbons (Fsp3) is 0.250. The highest BCUT2D eigenvalue weighted by Crippen LogP contribution is 2.49. The highest BCUT2D eigenvalue weighted by Gasteiger charge is 2.41. The molecule has 1 N–H and O–H groups in total. The summed E-state index contributed by atoms with van der Waals surface area (Å²) in [7, 11) is 2.12. The first kappa shape index (κ1) is 20.9. The lowest BCUT2D eigenvalue weighted by Gasteiger charge is -2.38. The molecule has 170 valence electrons. The molecule has 1 aliphatic rings. The van der Waals surface area contributed by atoms with Crippen LogP contribution in [0, 0.1) is 0 Å². The molecule has 0 atom stereocenters. The Morgan fingerprint density at radius 2 is 1.65 bits per heavy atom. The average molecular weight is 449 g/mol. The van der Waals surface area contributed by atoms with E-state index in [0.717, 1.165) is 33.4 Å². The topological polar surface area (TPSA) is 54.4 Å². The van der Waals surface area contributed by atoms with Crippen LogP contribution in [0.4, 0.5) is 5.69 Å². The van der Waals surface area contributed by atoms with Crippen LogP contribution in [0.3, 0.4) is 0 Å². The van der Waals surface area contributed by atoms with Gasteiger partial charge in [-0.25, -0.2) is 4.98 Å². The van der Waals surface area contributed by atoms with Gasteiger partial charge in [0.05, 0.1) is 16.6 Å². The van der Waals surface area contributed by atoms with Gasteiger partial charge in [0.2, 0.25) is 0 Å². The third-order valence-electron chi connectivity index (χ3n) is 7.17. The molecule has 1 aliphatic heterocycles. The first-order valence-corrected chi connectivity index (χ1v) is 11.9. The summed E-state index contributed by atoms with van der Waals surface area (Å²) < 4.78 is 8.37. The SMILES string of the molecule is CC(C)c1cccc(C(C)C)c1B1N(C)c2c(c(O)cc3oc4ccccc4c23)-c2nccn21. The number of hydrogen-bond acceptors (Lipinski definition) is 4. The van der Waals surface area contributed by atoms with Gasteiger partial charge in [-0.3, -0.25) is 0 Å². The number of rotatable bonds is 3. The smallest absolute Gasteiger partial charge is 0.417 e. The number of hydrogen-bond donors (Lipinski definition) is 1. The van der Waals surface area contributed by atoms with Gasteiger partial charge >= 0.3 is 6.98 Å². The van der Waals surface area contributed by atoms with Crippen molar-refractivity contribution >= 4 is 40.1 Å². The number of fused-ring (bicyclic) bond motifs is 7. The molecule has 0 radical (unpaired) electrons. The zero-order valence-corrected chi connectivity index (χ0v) is 20.2. The van der Waals surface area contributed by atoms with Gasteiger partial charge in [0.15, 0.2) is 0 Å². The molecule has 0 spiro atoms. The first-order valence-electron chi connectivity index (χ1n) is 11.9. The van der Waals surface area contributed by atoms with E-state index in [2.05, 4.69) is 68.3 Å². The molecular formula is C28H28BN3O2. The monoisotopic (exact) mass is 449 g/mol. The summed E-state index contributed by atoms with van der Waals surface area (Å²) in [5, 5.41) is 13.2. The highest BCUT2D eigenvalue weighted by molar-refractivity contribution is 6.77. The quantitative estimate of drug-likeness (QED) is 0.339. The number of phenolic OH excluding ortho intramolecular Hbond substituents is 1. The number of phenols is 1. The number of nitrogens with zero attached hydrogens (tertiary/aromatic N) is 3. The van der Waals surface area contributed by atoms with Gasteiger partial charge in [-0.1, -0.05) is 64.1 Å². The largest absolute Gasteiger partial charge is 0.507 e. The van der Waals surface area contributed by atoms with E-state index in [4.69, 9.17) is 9.40 Å². The van der Waals surface area contributed by atoms with Crippen molar-refractivity contribution in [1.29, 1.82) is 0 Å². The second kappa shape index (κ2) is 7.42. The summed E-state index contributed by atoms with van der Waals surface area (Å²) in [6.07, 6.45) is 3.85. The third-order valence-corrected chi connectivity index (χ3v) is 7.17. The lowest BCUT2D eigenvalue weighted by Crippen LogP contribution is -2.56. The van der Waals surface area contributed by atoms with E-state index in [1.807, 2.05) is 30.6 Å². The van der Waals surface area contributed by atoms with E-state index < -0.39 is 0 Å². The van der Waals surface area contributed by atoms with E-state index in [-0.39, 0.29) is 12.7 Å². The Morgan fingerprint density at radius 3 is 2.35 bits per heavy atom. The molecule has 34 heavy (non-hydrogen) atoms. The average Bonchev–Trinajstić information content (AvgIpc) is 3.42. The normalized spacial score (nSPS) is 13.4. The summed E-state index contributed by atoms with van der Waals surface area (Å²) in [5.74, 6) is 1.69. The maximum absolute atomic E-state index is 11.2. The molecule has 0 saturated carbocycles. The van der Waals surface area contributed by atoms with Crippen LogP contribution in [0.1, 0.15) is 50.7 Å². The lowest BCUT2D eigenvalue weighted by molar-refractivity contribution is 0.476. The van der Waals surface area contributed by atoms with Crippen molar-refractivity contribution in [2.24, 2.45) is 0 Å². The fourth-order valence-electron chi connectivity index (χ4n) is 5.68. The predicted octanol–water partition coefficient (Wildman–Crippen LogP) is 6.10. The Morgan fingerprint density at radius 1 is 0.941 bits per heavy atom. The van der Waals surface area contributed by atoms with Gasteiger partial charge in [-0.05, 0) is 41.5 Å². The molecular weight excluding hydrogens is 421 g/mol. The summed E-state index contributed by atoms with van der Waals surface area (Å²) in [4.78, 5) is 7.03.